The van der Waals surface area contributed by atoms with Gasteiger partial charge in [0.25, 0.3) is 5.91 Å². The van der Waals surface area contributed by atoms with Crippen LogP contribution in [-0.2, 0) is 21.9 Å². The van der Waals surface area contributed by atoms with Gasteiger partial charge in [0.05, 0.1) is 0 Å². The number of nitrogens with zero attached hydrogens (tertiary/aromatic N) is 1. The van der Waals surface area contributed by atoms with E-state index in [2.05, 4.69) is 5.32 Å². The number of aromatic nitrogens is 1. The van der Waals surface area contributed by atoms with E-state index in [-0.39, 0.29) is 10.6 Å². The quantitative estimate of drug-likeness (QED) is 0.485. The van der Waals surface area contributed by atoms with Crippen LogP contribution in [0, 0.1) is 0 Å². The SMILES string of the molecule is CNC(=O)c1cc(S(=O)(=O)NCC(O)C(=O)O)cn1C. The Kier molecular flexibility index (Phi) is 4.87. The lowest BCUT2D eigenvalue weighted by Gasteiger charge is -2.07. The van der Waals surface area contributed by atoms with Crippen molar-refractivity contribution in [1.29, 1.82) is 0 Å². The fourth-order valence-electron chi connectivity index (χ4n) is 1.39. The van der Waals surface area contributed by atoms with Crippen LogP contribution in [0.5, 0.6) is 0 Å². The molecule has 0 fully saturated rings. The van der Waals surface area contributed by atoms with Crippen LogP contribution in [0.4, 0.5) is 0 Å². The van der Waals surface area contributed by atoms with Crippen molar-refractivity contribution in [3.05, 3.63) is 18.0 Å². The molecule has 0 aliphatic heterocycles. The summed E-state index contributed by atoms with van der Waals surface area (Å²) < 4.78 is 27.0. The zero-order valence-electron chi connectivity index (χ0n) is 10.8. The van der Waals surface area contributed by atoms with E-state index in [4.69, 9.17) is 10.2 Å². The highest BCUT2D eigenvalue weighted by atomic mass is 32.2. The van der Waals surface area contributed by atoms with Gasteiger partial charge in [-0.1, -0.05) is 0 Å². The second kappa shape index (κ2) is 6.03. The number of carboxylic acids is 1. The molecule has 0 bridgehead atoms. The molecule has 1 heterocycles. The minimum Gasteiger partial charge on any atom is -0.479 e. The molecule has 0 aromatic carbocycles. The van der Waals surface area contributed by atoms with Crippen LogP contribution in [0.2, 0.25) is 0 Å². The van der Waals surface area contributed by atoms with Gasteiger partial charge in [0.1, 0.15) is 10.6 Å². The Hall–Kier alpha value is -1.91. The van der Waals surface area contributed by atoms with E-state index in [1.807, 2.05) is 4.72 Å². The molecule has 10 heteroatoms. The number of amides is 1. The number of aliphatic hydroxyl groups is 1. The maximum atomic E-state index is 11.9. The topological polar surface area (TPSA) is 138 Å². The van der Waals surface area contributed by atoms with Gasteiger partial charge < -0.3 is 20.1 Å². The van der Waals surface area contributed by atoms with Crippen LogP contribution in [0.15, 0.2) is 17.2 Å². The van der Waals surface area contributed by atoms with Crippen molar-refractivity contribution in [2.75, 3.05) is 13.6 Å². The maximum Gasteiger partial charge on any atom is 0.333 e. The Morgan fingerprint density at radius 2 is 2.05 bits per heavy atom. The molecule has 1 amide bonds. The van der Waals surface area contributed by atoms with E-state index in [1.165, 1.54) is 24.9 Å². The summed E-state index contributed by atoms with van der Waals surface area (Å²) in [5, 5.41) is 19.8. The van der Waals surface area contributed by atoms with Crippen LogP contribution < -0.4 is 10.0 Å². The molecule has 1 unspecified atom stereocenters. The average molecular weight is 305 g/mol. The molecular weight excluding hydrogens is 290 g/mol. The molecule has 0 saturated heterocycles. The third kappa shape index (κ3) is 3.56. The first-order valence-electron chi connectivity index (χ1n) is 5.48. The molecule has 4 N–H and O–H groups in total. The molecule has 1 rings (SSSR count). The highest BCUT2D eigenvalue weighted by Crippen LogP contribution is 2.13. The number of aryl methyl sites for hydroxylation is 1. The molecular formula is C10H15N3O6S. The summed E-state index contributed by atoms with van der Waals surface area (Å²) in [5.41, 5.74) is 0.131. The molecule has 1 aromatic heterocycles. The minimum absolute atomic E-state index is 0.131. The summed E-state index contributed by atoms with van der Waals surface area (Å²) in [7, 11) is -1.10. The number of aliphatic hydroxyl groups excluding tert-OH is 1. The van der Waals surface area contributed by atoms with E-state index in [9.17, 15) is 18.0 Å². The lowest BCUT2D eigenvalue weighted by Crippen LogP contribution is -2.36. The van der Waals surface area contributed by atoms with Crippen molar-refractivity contribution in [2.45, 2.75) is 11.0 Å². The summed E-state index contributed by atoms with van der Waals surface area (Å²) in [6.45, 7) is -0.665. The highest BCUT2D eigenvalue weighted by molar-refractivity contribution is 7.89. The molecule has 0 radical (unpaired) electrons. The summed E-state index contributed by atoms with van der Waals surface area (Å²) in [4.78, 5) is 21.7. The molecule has 0 spiro atoms. The molecule has 1 aromatic rings. The highest BCUT2D eigenvalue weighted by Gasteiger charge is 2.22. The van der Waals surface area contributed by atoms with E-state index < -0.39 is 34.5 Å². The van der Waals surface area contributed by atoms with E-state index >= 15 is 0 Å². The van der Waals surface area contributed by atoms with E-state index in [0.717, 1.165) is 6.07 Å². The predicted molar refractivity (Wildman–Crippen MR) is 67.6 cm³/mol. The monoisotopic (exact) mass is 305 g/mol. The van der Waals surface area contributed by atoms with Crippen molar-refractivity contribution < 1.29 is 28.2 Å². The van der Waals surface area contributed by atoms with Crippen LogP contribution in [0.25, 0.3) is 0 Å². The largest absolute Gasteiger partial charge is 0.479 e. The summed E-state index contributed by atoms with van der Waals surface area (Å²) in [6.07, 6.45) is -0.632. The number of hydrogen-bond donors (Lipinski definition) is 4. The third-order valence-electron chi connectivity index (χ3n) is 2.50. The Morgan fingerprint density at radius 1 is 1.45 bits per heavy atom. The molecule has 0 aliphatic rings. The molecule has 112 valence electrons. The third-order valence-corrected chi connectivity index (χ3v) is 3.89. The van der Waals surface area contributed by atoms with Gasteiger partial charge in [-0.3, -0.25) is 4.79 Å². The van der Waals surface area contributed by atoms with Crippen molar-refractivity contribution in [1.82, 2.24) is 14.6 Å². The second-order valence-electron chi connectivity index (χ2n) is 3.96. The standard InChI is InChI=1S/C10H15N3O6S/c1-11-9(15)7-3-6(5-13(7)2)20(18,19)12-4-8(14)10(16)17/h3,5,8,12,14H,4H2,1-2H3,(H,11,15)(H,16,17). The number of hydrogen-bond acceptors (Lipinski definition) is 5. The Balaban J connectivity index is 2.94. The van der Waals surface area contributed by atoms with Gasteiger partial charge in [0, 0.05) is 26.8 Å². The van der Waals surface area contributed by atoms with Gasteiger partial charge in [0.15, 0.2) is 6.10 Å². The smallest absolute Gasteiger partial charge is 0.333 e. The number of rotatable bonds is 6. The zero-order valence-corrected chi connectivity index (χ0v) is 11.6. The van der Waals surface area contributed by atoms with Crippen molar-refractivity contribution >= 4 is 21.9 Å². The molecule has 0 aliphatic carbocycles. The second-order valence-corrected chi connectivity index (χ2v) is 5.72. The predicted octanol–water partition coefficient (Wildman–Crippen LogP) is -1.89. The fourth-order valence-corrected chi connectivity index (χ4v) is 2.50. The lowest BCUT2D eigenvalue weighted by molar-refractivity contribution is -0.146. The first-order valence-corrected chi connectivity index (χ1v) is 6.96. The van der Waals surface area contributed by atoms with Crippen LogP contribution in [0.1, 0.15) is 10.5 Å². The summed E-state index contributed by atoms with van der Waals surface area (Å²) in [6, 6.07) is 1.15. The Labute approximate surface area is 115 Å². The molecule has 9 nitrogen and oxygen atoms in total. The van der Waals surface area contributed by atoms with Crippen molar-refractivity contribution in [3.8, 4) is 0 Å². The lowest BCUT2D eigenvalue weighted by atomic mass is 10.4. The van der Waals surface area contributed by atoms with Gasteiger partial charge >= 0.3 is 5.97 Å². The number of sulfonamides is 1. The first-order chi connectivity index (χ1) is 9.19. The van der Waals surface area contributed by atoms with E-state index in [1.54, 1.807) is 0 Å². The van der Waals surface area contributed by atoms with Gasteiger partial charge in [-0.2, -0.15) is 0 Å². The van der Waals surface area contributed by atoms with Crippen molar-refractivity contribution in [3.63, 3.8) is 0 Å². The first kappa shape index (κ1) is 16.1. The van der Waals surface area contributed by atoms with Crippen LogP contribution in [-0.4, -0.2) is 54.8 Å². The summed E-state index contributed by atoms with van der Waals surface area (Å²) >= 11 is 0. The average Bonchev–Trinajstić information content (AvgIpc) is 2.77. The Morgan fingerprint density at radius 3 is 2.55 bits per heavy atom. The van der Waals surface area contributed by atoms with Gasteiger partial charge in [-0.05, 0) is 6.07 Å². The minimum atomic E-state index is -4.01. The number of carbonyl (C=O) groups is 2. The van der Waals surface area contributed by atoms with Gasteiger partial charge in [-0.25, -0.2) is 17.9 Å². The molecule has 1 atom stereocenters. The zero-order chi connectivity index (χ0) is 15.5. The van der Waals surface area contributed by atoms with E-state index in [0.29, 0.717) is 0 Å². The number of aliphatic carboxylic acids is 1. The normalized spacial score (nSPS) is 12.9. The number of carbonyl (C=O) groups excluding carboxylic acids is 1. The number of carboxylic acid groups (broad SMARTS) is 1. The Bertz CT molecular complexity index is 621. The maximum absolute atomic E-state index is 11.9. The summed E-state index contributed by atoms with van der Waals surface area (Å²) in [5.74, 6) is -1.99. The fraction of sp³-hybridized carbons (Fsp3) is 0.400. The molecule has 20 heavy (non-hydrogen) atoms. The van der Waals surface area contributed by atoms with Crippen molar-refractivity contribution in [2.24, 2.45) is 7.05 Å². The van der Waals surface area contributed by atoms with Crippen LogP contribution in [0.3, 0.4) is 0 Å². The van der Waals surface area contributed by atoms with Crippen LogP contribution >= 0.6 is 0 Å². The van der Waals surface area contributed by atoms with Gasteiger partial charge in [-0.15, -0.1) is 0 Å². The number of nitrogens with one attached hydrogen (secondary N) is 2. The van der Waals surface area contributed by atoms with Gasteiger partial charge in [0.2, 0.25) is 10.0 Å². The molecule has 0 saturated carbocycles.